The van der Waals surface area contributed by atoms with Gasteiger partial charge < -0.3 is 10.2 Å². The van der Waals surface area contributed by atoms with Crippen molar-refractivity contribution in [1.82, 2.24) is 20.0 Å². The van der Waals surface area contributed by atoms with E-state index < -0.39 is 6.04 Å². The Labute approximate surface area is 209 Å². The van der Waals surface area contributed by atoms with Crippen LogP contribution in [0.4, 0.5) is 0 Å². The molecule has 1 aliphatic heterocycles. The summed E-state index contributed by atoms with van der Waals surface area (Å²) >= 11 is 1.58. The van der Waals surface area contributed by atoms with Crippen LogP contribution in [-0.4, -0.2) is 39.1 Å². The molecule has 35 heavy (non-hydrogen) atoms. The molecule has 2 aromatic heterocycles. The zero-order chi connectivity index (χ0) is 24.0. The number of carbonyl (C=O) groups is 2. The van der Waals surface area contributed by atoms with E-state index in [4.69, 9.17) is 0 Å². The van der Waals surface area contributed by atoms with E-state index in [2.05, 4.69) is 40.7 Å². The number of carbonyl (C=O) groups excluding carboxylic acids is 2. The third-order valence-electron chi connectivity index (χ3n) is 6.42. The molecule has 1 atom stereocenters. The highest BCUT2D eigenvalue weighted by atomic mass is 32.1. The minimum Gasteiger partial charge on any atom is -0.350 e. The van der Waals surface area contributed by atoms with Crippen molar-refractivity contribution in [2.45, 2.75) is 38.4 Å². The van der Waals surface area contributed by atoms with E-state index in [9.17, 15) is 9.59 Å². The predicted molar refractivity (Wildman–Crippen MR) is 138 cm³/mol. The maximum Gasteiger partial charge on any atom is 0.243 e. The maximum absolute atomic E-state index is 13.1. The second-order valence-electron chi connectivity index (χ2n) is 8.78. The Kier molecular flexibility index (Phi) is 7.04. The molecular formula is C28H28N4O2S. The van der Waals surface area contributed by atoms with Gasteiger partial charge in [-0.3, -0.25) is 14.3 Å². The van der Waals surface area contributed by atoms with Gasteiger partial charge in [0.05, 0.1) is 13.0 Å². The van der Waals surface area contributed by atoms with Gasteiger partial charge in [-0.15, -0.1) is 11.3 Å². The summed E-state index contributed by atoms with van der Waals surface area (Å²) in [6, 6.07) is 22.0. The van der Waals surface area contributed by atoms with Gasteiger partial charge in [-0.05, 0) is 52.6 Å². The highest BCUT2D eigenvalue weighted by Crippen LogP contribution is 2.25. The molecule has 0 saturated carbocycles. The summed E-state index contributed by atoms with van der Waals surface area (Å²) in [5.41, 5.74) is 4.43. The van der Waals surface area contributed by atoms with Gasteiger partial charge in [-0.1, -0.05) is 54.6 Å². The van der Waals surface area contributed by atoms with Crippen molar-refractivity contribution in [2.75, 3.05) is 6.54 Å². The first-order valence-corrected chi connectivity index (χ1v) is 12.8. The van der Waals surface area contributed by atoms with Crippen molar-refractivity contribution in [1.29, 1.82) is 0 Å². The first-order chi connectivity index (χ1) is 17.2. The lowest BCUT2D eigenvalue weighted by Gasteiger charge is -2.24. The van der Waals surface area contributed by atoms with E-state index in [1.54, 1.807) is 22.4 Å². The monoisotopic (exact) mass is 484 g/mol. The molecule has 4 aromatic rings. The highest BCUT2D eigenvalue weighted by molar-refractivity contribution is 7.10. The van der Waals surface area contributed by atoms with Crippen LogP contribution < -0.4 is 5.32 Å². The number of benzene rings is 2. The van der Waals surface area contributed by atoms with Crippen molar-refractivity contribution < 1.29 is 9.59 Å². The van der Waals surface area contributed by atoms with E-state index in [0.717, 1.165) is 34.5 Å². The van der Waals surface area contributed by atoms with Crippen LogP contribution in [-0.2, 0) is 29.1 Å². The second kappa shape index (κ2) is 10.7. The highest BCUT2D eigenvalue weighted by Gasteiger charge is 2.33. The summed E-state index contributed by atoms with van der Waals surface area (Å²) in [6.07, 6.45) is 5.66. The summed E-state index contributed by atoms with van der Waals surface area (Å²) in [6.45, 7) is 1.80. The van der Waals surface area contributed by atoms with Gasteiger partial charge in [-0.2, -0.15) is 5.10 Å². The van der Waals surface area contributed by atoms with Gasteiger partial charge in [0.15, 0.2) is 0 Å². The number of hydrogen-bond acceptors (Lipinski definition) is 4. The third kappa shape index (κ3) is 5.52. The molecular weight excluding hydrogens is 456 g/mol. The Morgan fingerprint density at radius 1 is 1.03 bits per heavy atom. The molecule has 6 nitrogen and oxygen atoms in total. The van der Waals surface area contributed by atoms with E-state index in [-0.39, 0.29) is 11.8 Å². The molecule has 1 unspecified atom stereocenters. The van der Waals surface area contributed by atoms with Crippen molar-refractivity contribution in [3.63, 3.8) is 0 Å². The quantitative estimate of drug-likeness (QED) is 0.400. The fraction of sp³-hybridized carbons (Fsp3) is 0.250. The molecule has 1 saturated heterocycles. The normalized spacial score (nSPS) is 15.3. The van der Waals surface area contributed by atoms with Crippen LogP contribution in [0.25, 0.3) is 11.1 Å². The first-order valence-electron chi connectivity index (χ1n) is 11.9. The van der Waals surface area contributed by atoms with Crippen LogP contribution in [0.1, 0.15) is 28.8 Å². The van der Waals surface area contributed by atoms with Crippen molar-refractivity contribution in [3.05, 3.63) is 101 Å². The lowest BCUT2D eigenvalue weighted by molar-refractivity contribution is -0.138. The molecule has 3 heterocycles. The topological polar surface area (TPSA) is 67.2 Å². The van der Waals surface area contributed by atoms with Gasteiger partial charge in [-0.25, -0.2) is 0 Å². The maximum atomic E-state index is 13.1. The molecule has 0 bridgehead atoms. The SMILES string of the molecule is O=C(NCc1ccccc1-c1ccc(Cn2cccn2)cc1)C1CCCN1C(=O)Cc1cccs1. The lowest BCUT2D eigenvalue weighted by atomic mass is 9.98. The van der Waals surface area contributed by atoms with Crippen LogP contribution in [0.3, 0.4) is 0 Å². The summed E-state index contributed by atoms with van der Waals surface area (Å²) < 4.78 is 1.90. The Morgan fingerprint density at radius 2 is 1.89 bits per heavy atom. The first kappa shape index (κ1) is 23.1. The summed E-state index contributed by atoms with van der Waals surface area (Å²) in [4.78, 5) is 28.7. The Balaban J connectivity index is 1.23. The number of aromatic nitrogens is 2. The van der Waals surface area contributed by atoms with Crippen molar-refractivity contribution >= 4 is 23.2 Å². The molecule has 5 rings (SSSR count). The molecule has 2 amide bonds. The fourth-order valence-corrected chi connectivity index (χ4v) is 5.32. The molecule has 2 aromatic carbocycles. The van der Waals surface area contributed by atoms with Crippen molar-refractivity contribution in [3.8, 4) is 11.1 Å². The van der Waals surface area contributed by atoms with Gasteiger partial charge in [0.1, 0.15) is 6.04 Å². The van der Waals surface area contributed by atoms with Crippen LogP contribution in [0.2, 0.25) is 0 Å². The van der Waals surface area contributed by atoms with Crippen molar-refractivity contribution in [2.24, 2.45) is 0 Å². The standard InChI is InChI=1S/C28H28N4O2S/c33-27(18-24-7-4-17-35-24)32-16-3-9-26(32)28(34)29-19-23-6-1-2-8-25(23)22-12-10-21(11-13-22)20-31-15-5-14-30-31/h1-2,4-8,10-15,17,26H,3,9,16,18-20H2,(H,29,34). The zero-order valence-electron chi connectivity index (χ0n) is 19.5. The third-order valence-corrected chi connectivity index (χ3v) is 7.30. The van der Waals surface area contributed by atoms with Crippen LogP contribution in [0.5, 0.6) is 0 Å². The van der Waals surface area contributed by atoms with Crippen LogP contribution in [0, 0.1) is 0 Å². The minimum absolute atomic E-state index is 0.0284. The number of hydrogen-bond donors (Lipinski definition) is 1. The predicted octanol–water partition coefficient (Wildman–Crippen LogP) is 4.51. The summed E-state index contributed by atoms with van der Waals surface area (Å²) in [5, 5.41) is 9.33. The Bertz CT molecular complexity index is 1270. The molecule has 1 N–H and O–H groups in total. The van der Waals surface area contributed by atoms with Crippen LogP contribution >= 0.6 is 11.3 Å². The molecule has 0 spiro atoms. The summed E-state index contributed by atoms with van der Waals surface area (Å²) in [7, 11) is 0. The zero-order valence-corrected chi connectivity index (χ0v) is 20.3. The van der Waals surface area contributed by atoms with Gasteiger partial charge in [0.2, 0.25) is 11.8 Å². The Hall–Kier alpha value is -3.71. The van der Waals surface area contributed by atoms with E-state index >= 15 is 0 Å². The van der Waals surface area contributed by atoms with Crippen LogP contribution in [0.15, 0.2) is 84.5 Å². The van der Waals surface area contributed by atoms with E-state index in [1.807, 2.05) is 52.7 Å². The number of thiophene rings is 1. The second-order valence-corrected chi connectivity index (χ2v) is 9.81. The number of amides is 2. The number of nitrogens with one attached hydrogen (secondary N) is 1. The molecule has 0 aliphatic carbocycles. The number of likely N-dealkylation sites (tertiary alicyclic amines) is 1. The Morgan fingerprint density at radius 3 is 2.66 bits per heavy atom. The minimum atomic E-state index is -0.392. The number of nitrogens with zero attached hydrogens (tertiary/aromatic N) is 3. The average molecular weight is 485 g/mol. The molecule has 0 radical (unpaired) electrons. The smallest absolute Gasteiger partial charge is 0.243 e. The van der Waals surface area contributed by atoms with E-state index in [1.165, 1.54) is 5.56 Å². The molecule has 1 aliphatic rings. The van der Waals surface area contributed by atoms with Gasteiger partial charge in [0, 0.05) is 30.4 Å². The molecule has 7 heteroatoms. The van der Waals surface area contributed by atoms with Gasteiger partial charge >= 0.3 is 0 Å². The largest absolute Gasteiger partial charge is 0.350 e. The van der Waals surface area contributed by atoms with E-state index in [0.29, 0.717) is 25.9 Å². The lowest BCUT2D eigenvalue weighted by Crippen LogP contribution is -2.46. The summed E-state index contributed by atoms with van der Waals surface area (Å²) in [5.74, 6) is -0.0490. The number of rotatable bonds is 8. The molecule has 1 fully saturated rings. The van der Waals surface area contributed by atoms with Gasteiger partial charge in [0.25, 0.3) is 0 Å². The fourth-order valence-electron chi connectivity index (χ4n) is 4.63. The average Bonchev–Trinajstić information content (AvgIpc) is 3.66. The molecule has 178 valence electrons.